The molecule has 0 bridgehead atoms. The number of hydrogen-bond donors (Lipinski definition) is 1. The average Bonchev–Trinajstić information content (AvgIpc) is 2.17. The predicted octanol–water partition coefficient (Wildman–Crippen LogP) is 1.70. The van der Waals surface area contributed by atoms with Crippen LogP contribution in [0, 0.1) is 25.2 Å². The van der Waals surface area contributed by atoms with E-state index in [1.807, 2.05) is 13.8 Å². The van der Waals surface area contributed by atoms with Crippen molar-refractivity contribution in [2.45, 2.75) is 13.8 Å². The minimum absolute atomic E-state index is 0.420. The molecular formula is C11H10N4. The van der Waals surface area contributed by atoms with Crippen LogP contribution in [0.15, 0.2) is 12.3 Å². The van der Waals surface area contributed by atoms with E-state index in [9.17, 15) is 0 Å². The van der Waals surface area contributed by atoms with Crippen LogP contribution in [0.4, 0.5) is 5.82 Å². The Hall–Kier alpha value is -2.15. The lowest BCUT2D eigenvalue weighted by Gasteiger charge is -2.06. The summed E-state index contributed by atoms with van der Waals surface area (Å²) in [5, 5.41) is 10.8. The van der Waals surface area contributed by atoms with Gasteiger partial charge < -0.3 is 5.73 Å². The summed E-state index contributed by atoms with van der Waals surface area (Å²) in [4.78, 5) is 8.30. The highest BCUT2D eigenvalue weighted by Gasteiger charge is 2.09. The van der Waals surface area contributed by atoms with Gasteiger partial charge in [0.2, 0.25) is 0 Å². The largest absolute Gasteiger partial charge is 0.384 e. The van der Waals surface area contributed by atoms with E-state index in [0.717, 1.165) is 22.2 Å². The Labute approximate surface area is 87.4 Å². The van der Waals surface area contributed by atoms with Gasteiger partial charge in [-0.05, 0) is 19.9 Å². The average molecular weight is 198 g/mol. The molecule has 0 radical (unpaired) electrons. The third-order valence-electron chi connectivity index (χ3n) is 2.39. The molecule has 0 saturated carbocycles. The monoisotopic (exact) mass is 198 g/mol. The SMILES string of the molecule is Cc1nc(C)c2cnc(N)cc2c1C#N. The summed E-state index contributed by atoms with van der Waals surface area (Å²) in [7, 11) is 0. The fourth-order valence-electron chi connectivity index (χ4n) is 1.67. The first-order chi connectivity index (χ1) is 7.13. The second-order valence-electron chi connectivity index (χ2n) is 3.42. The minimum atomic E-state index is 0.420. The molecule has 0 unspecified atom stereocenters. The van der Waals surface area contributed by atoms with Crippen LogP contribution >= 0.6 is 0 Å². The topological polar surface area (TPSA) is 75.6 Å². The van der Waals surface area contributed by atoms with Crippen LogP contribution in [0.2, 0.25) is 0 Å². The third-order valence-corrected chi connectivity index (χ3v) is 2.39. The maximum atomic E-state index is 9.05. The molecule has 2 rings (SSSR count). The molecule has 74 valence electrons. The van der Waals surface area contributed by atoms with Crippen LogP contribution < -0.4 is 5.73 Å². The summed E-state index contributed by atoms with van der Waals surface area (Å²) < 4.78 is 0. The Balaban J connectivity index is 3.00. The first-order valence-electron chi connectivity index (χ1n) is 4.56. The van der Waals surface area contributed by atoms with Crippen molar-refractivity contribution in [3.63, 3.8) is 0 Å². The molecule has 2 aromatic heterocycles. The number of fused-ring (bicyclic) bond motifs is 1. The Morgan fingerprint density at radius 3 is 2.67 bits per heavy atom. The lowest BCUT2D eigenvalue weighted by atomic mass is 10.1. The molecule has 15 heavy (non-hydrogen) atoms. The zero-order valence-electron chi connectivity index (χ0n) is 8.57. The van der Waals surface area contributed by atoms with E-state index in [-0.39, 0.29) is 0 Å². The lowest BCUT2D eigenvalue weighted by Crippen LogP contribution is -1.97. The number of nitriles is 1. The molecule has 0 aromatic carbocycles. The number of pyridine rings is 2. The van der Waals surface area contributed by atoms with E-state index in [0.29, 0.717) is 11.4 Å². The van der Waals surface area contributed by atoms with Crippen LogP contribution in [0.25, 0.3) is 10.8 Å². The quantitative estimate of drug-likeness (QED) is 0.699. The molecule has 0 aliphatic carbocycles. The fourth-order valence-corrected chi connectivity index (χ4v) is 1.67. The van der Waals surface area contributed by atoms with Gasteiger partial charge in [0.15, 0.2) is 0 Å². The fraction of sp³-hybridized carbons (Fsp3) is 0.182. The molecule has 4 nitrogen and oxygen atoms in total. The highest BCUT2D eigenvalue weighted by Crippen LogP contribution is 2.23. The van der Waals surface area contributed by atoms with E-state index in [1.54, 1.807) is 12.3 Å². The number of aryl methyl sites for hydroxylation is 2. The standard InChI is InChI=1S/C11H10N4/c1-6-9(4-12)8-3-11(13)14-5-10(8)7(2)15-6/h3,5H,1-2H3,(H2,13,14). The van der Waals surface area contributed by atoms with Gasteiger partial charge >= 0.3 is 0 Å². The van der Waals surface area contributed by atoms with Crippen molar-refractivity contribution >= 4 is 16.6 Å². The smallest absolute Gasteiger partial charge is 0.123 e. The number of nitrogens with zero attached hydrogens (tertiary/aromatic N) is 3. The number of hydrogen-bond acceptors (Lipinski definition) is 4. The van der Waals surface area contributed by atoms with E-state index in [2.05, 4.69) is 16.0 Å². The van der Waals surface area contributed by atoms with Crippen molar-refractivity contribution in [1.82, 2.24) is 9.97 Å². The molecule has 4 heteroatoms. The Kier molecular flexibility index (Phi) is 2.01. The third kappa shape index (κ3) is 1.38. The van der Waals surface area contributed by atoms with Crippen LogP contribution in [-0.2, 0) is 0 Å². The van der Waals surface area contributed by atoms with Crippen LogP contribution in [0.3, 0.4) is 0 Å². The summed E-state index contributed by atoms with van der Waals surface area (Å²) in [5.74, 6) is 0.420. The van der Waals surface area contributed by atoms with Crippen molar-refractivity contribution in [2.75, 3.05) is 5.73 Å². The highest BCUT2D eigenvalue weighted by molar-refractivity contribution is 5.90. The highest BCUT2D eigenvalue weighted by atomic mass is 14.8. The van der Waals surface area contributed by atoms with Crippen LogP contribution in [0.5, 0.6) is 0 Å². The molecular weight excluding hydrogens is 188 g/mol. The summed E-state index contributed by atoms with van der Waals surface area (Å²) in [5.41, 5.74) is 7.78. The van der Waals surface area contributed by atoms with Gasteiger partial charge in [0.1, 0.15) is 11.9 Å². The number of aromatic nitrogens is 2. The normalized spacial score (nSPS) is 10.2. The number of nitrogens with two attached hydrogens (primary N) is 1. The van der Waals surface area contributed by atoms with Crippen molar-refractivity contribution in [3.8, 4) is 6.07 Å². The van der Waals surface area contributed by atoms with Gasteiger partial charge in [0.25, 0.3) is 0 Å². The second-order valence-corrected chi connectivity index (χ2v) is 3.42. The predicted molar refractivity (Wildman–Crippen MR) is 58.1 cm³/mol. The summed E-state index contributed by atoms with van der Waals surface area (Å²) in [6.07, 6.45) is 1.66. The number of nitrogen functional groups attached to an aromatic ring is 1. The zero-order chi connectivity index (χ0) is 11.0. The van der Waals surface area contributed by atoms with Gasteiger partial charge in [-0.2, -0.15) is 5.26 Å². The van der Waals surface area contributed by atoms with Gasteiger partial charge in [0, 0.05) is 22.7 Å². The molecule has 2 aromatic rings. The molecule has 2 heterocycles. The first-order valence-corrected chi connectivity index (χ1v) is 4.56. The van der Waals surface area contributed by atoms with E-state index >= 15 is 0 Å². The van der Waals surface area contributed by atoms with Gasteiger partial charge in [-0.15, -0.1) is 0 Å². The van der Waals surface area contributed by atoms with Crippen LogP contribution in [0.1, 0.15) is 17.0 Å². The van der Waals surface area contributed by atoms with Crippen molar-refractivity contribution < 1.29 is 0 Å². The molecule has 0 aliphatic rings. The zero-order valence-corrected chi connectivity index (χ0v) is 8.57. The lowest BCUT2D eigenvalue weighted by molar-refractivity contribution is 1.13. The Morgan fingerprint density at radius 1 is 1.27 bits per heavy atom. The van der Waals surface area contributed by atoms with Gasteiger partial charge in [-0.25, -0.2) is 4.98 Å². The molecule has 0 atom stereocenters. The summed E-state index contributed by atoms with van der Waals surface area (Å²) in [6, 6.07) is 3.86. The molecule has 0 amide bonds. The van der Waals surface area contributed by atoms with Gasteiger partial charge in [-0.3, -0.25) is 4.98 Å². The molecule has 0 saturated heterocycles. The van der Waals surface area contributed by atoms with E-state index in [4.69, 9.17) is 11.0 Å². The minimum Gasteiger partial charge on any atom is -0.384 e. The van der Waals surface area contributed by atoms with E-state index < -0.39 is 0 Å². The van der Waals surface area contributed by atoms with Crippen molar-refractivity contribution in [2.24, 2.45) is 0 Å². The number of rotatable bonds is 0. The molecule has 0 aliphatic heterocycles. The van der Waals surface area contributed by atoms with Gasteiger partial charge in [0.05, 0.1) is 11.3 Å². The van der Waals surface area contributed by atoms with E-state index in [1.165, 1.54) is 0 Å². The second kappa shape index (κ2) is 3.21. The summed E-state index contributed by atoms with van der Waals surface area (Å²) >= 11 is 0. The van der Waals surface area contributed by atoms with Gasteiger partial charge in [-0.1, -0.05) is 0 Å². The van der Waals surface area contributed by atoms with Crippen molar-refractivity contribution in [1.29, 1.82) is 5.26 Å². The maximum absolute atomic E-state index is 9.05. The Bertz CT molecular complexity index is 581. The Morgan fingerprint density at radius 2 is 2.00 bits per heavy atom. The summed E-state index contributed by atoms with van der Waals surface area (Å²) in [6.45, 7) is 3.72. The maximum Gasteiger partial charge on any atom is 0.123 e. The first kappa shape index (κ1) is 9.41. The number of anilines is 1. The molecule has 0 fully saturated rings. The molecule has 0 spiro atoms. The van der Waals surface area contributed by atoms with Crippen molar-refractivity contribution in [3.05, 3.63) is 29.2 Å². The van der Waals surface area contributed by atoms with Crippen LogP contribution in [-0.4, -0.2) is 9.97 Å². The molecule has 2 N–H and O–H groups in total.